The predicted molar refractivity (Wildman–Crippen MR) is 94.1 cm³/mol. The smallest absolute Gasteiger partial charge is 0.316 e. The minimum Gasteiger partial charge on any atom is -0.481 e. The van der Waals surface area contributed by atoms with Gasteiger partial charge in [0.1, 0.15) is 0 Å². The van der Waals surface area contributed by atoms with Crippen molar-refractivity contribution in [1.82, 2.24) is 9.97 Å². The molecule has 0 unspecified atom stereocenters. The van der Waals surface area contributed by atoms with Gasteiger partial charge in [0, 0.05) is 30.9 Å². The van der Waals surface area contributed by atoms with Gasteiger partial charge in [-0.15, -0.1) is 0 Å². The lowest BCUT2D eigenvalue weighted by Crippen LogP contribution is -2.18. The number of nitrogens with two attached hydrogens (primary N) is 1. The number of aromatic amines is 1. The van der Waals surface area contributed by atoms with Gasteiger partial charge in [0.15, 0.2) is 0 Å². The van der Waals surface area contributed by atoms with Gasteiger partial charge < -0.3 is 26.2 Å². The molecule has 2 aromatic rings. The minimum absolute atomic E-state index is 0.222. The molecule has 6 N–H and O–H groups in total. The second kappa shape index (κ2) is 17.0. The third kappa shape index (κ3) is 23.0. The average molecular weight is 352 g/mol. The molecule has 2 amide bonds. The van der Waals surface area contributed by atoms with Crippen molar-refractivity contribution in [1.29, 1.82) is 0 Å². The van der Waals surface area contributed by atoms with E-state index in [-0.39, 0.29) is 12.8 Å². The lowest BCUT2D eigenvalue weighted by molar-refractivity contribution is -0.137. The number of carboxylic acids is 2. The number of rotatable bonds is 3. The molecule has 0 saturated heterocycles. The zero-order valence-electron chi connectivity index (χ0n) is 14.2. The number of carbonyl (C=O) groups excluding carboxylic acids is 1. The Morgan fingerprint density at radius 2 is 1.56 bits per heavy atom. The number of anilines is 1. The van der Waals surface area contributed by atoms with E-state index in [1.807, 2.05) is 18.2 Å². The zero-order valence-corrected chi connectivity index (χ0v) is 14.2. The maximum Gasteiger partial charge on any atom is 0.316 e. The minimum atomic E-state index is -0.745. The summed E-state index contributed by atoms with van der Waals surface area (Å²) in [6.45, 7) is 3.20. The molecule has 1 heterocycles. The summed E-state index contributed by atoms with van der Waals surface area (Å²) in [7, 11) is 0. The number of nitrogens with one attached hydrogen (secondary N) is 2. The van der Waals surface area contributed by atoms with Crippen LogP contribution in [0, 0.1) is 0 Å². The standard InChI is InChI=1S/C7H8N2O.C3H4N2.2C3H6O2/c8-7(10)9-6-4-2-1-3-5-6;1-2-5-3-4-1;2*1-2-3(4)5/h1-5H,(H3,8,9,10);1-3H,(H,4,5);2*2H2,1H3,(H,4,5). The van der Waals surface area contributed by atoms with E-state index in [4.69, 9.17) is 15.9 Å². The number of hydrogen-bond donors (Lipinski definition) is 5. The van der Waals surface area contributed by atoms with Gasteiger partial charge >= 0.3 is 18.0 Å². The highest BCUT2D eigenvalue weighted by Gasteiger charge is 1.90. The van der Waals surface area contributed by atoms with Crippen LogP contribution in [0.1, 0.15) is 26.7 Å². The van der Waals surface area contributed by atoms with Crippen LogP contribution in [0.3, 0.4) is 0 Å². The summed E-state index contributed by atoms with van der Waals surface area (Å²) in [6.07, 6.45) is 5.53. The van der Waals surface area contributed by atoms with Crippen LogP contribution >= 0.6 is 0 Å². The van der Waals surface area contributed by atoms with E-state index in [0.717, 1.165) is 5.69 Å². The van der Waals surface area contributed by atoms with E-state index in [0.29, 0.717) is 0 Å². The Morgan fingerprint density at radius 3 is 1.80 bits per heavy atom. The van der Waals surface area contributed by atoms with Crippen LogP contribution in [0.15, 0.2) is 49.1 Å². The topological polar surface area (TPSA) is 158 Å². The Labute approximate surface area is 145 Å². The fourth-order valence-electron chi connectivity index (χ4n) is 0.879. The molecule has 9 heteroatoms. The Bertz CT molecular complexity index is 542. The lowest BCUT2D eigenvalue weighted by Gasteiger charge is -1.97. The van der Waals surface area contributed by atoms with Crippen LogP contribution in [0.4, 0.5) is 10.5 Å². The largest absolute Gasteiger partial charge is 0.481 e. The van der Waals surface area contributed by atoms with E-state index >= 15 is 0 Å². The molecule has 0 saturated carbocycles. The summed E-state index contributed by atoms with van der Waals surface area (Å²) in [6, 6.07) is 8.52. The van der Waals surface area contributed by atoms with Crippen molar-refractivity contribution in [2.45, 2.75) is 26.7 Å². The number of benzene rings is 1. The SMILES string of the molecule is CCC(=O)O.CCC(=O)O.NC(=O)Nc1ccccc1.c1c[nH]cn1. The summed E-state index contributed by atoms with van der Waals surface area (Å²) in [5.41, 5.74) is 5.59. The molecule has 138 valence electrons. The van der Waals surface area contributed by atoms with Gasteiger partial charge in [0.2, 0.25) is 0 Å². The molecule has 0 spiro atoms. The third-order valence-corrected chi connectivity index (χ3v) is 2.05. The van der Waals surface area contributed by atoms with Gasteiger partial charge in [-0.1, -0.05) is 32.0 Å². The summed E-state index contributed by atoms with van der Waals surface area (Å²) in [4.78, 5) is 35.4. The zero-order chi connectivity index (χ0) is 19.5. The highest BCUT2D eigenvalue weighted by atomic mass is 16.4. The molecular formula is C16H24N4O5. The third-order valence-electron chi connectivity index (χ3n) is 2.05. The van der Waals surface area contributed by atoms with E-state index in [2.05, 4.69) is 15.3 Å². The first kappa shape index (κ1) is 23.9. The van der Waals surface area contributed by atoms with Crippen molar-refractivity contribution in [3.8, 4) is 0 Å². The van der Waals surface area contributed by atoms with Crippen molar-refractivity contribution in [2.24, 2.45) is 5.73 Å². The highest BCUT2D eigenvalue weighted by molar-refractivity contribution is 5.87. The maximum atomic E-state index is 10.3. The van der Waals surface area contributed by atoms with Gasteiger partial charge in [0.05, 0.1) is 6.33 Å². The molecule has 2 rings (SSSR count). The number of aliphatic carboxylic acids is 2. The lowest BCUT2D eigenvalue weighted by atomic mass is 10.3. The van der Waals surface area contributed by atoms with E-state index in [1.165, 1.54) is 0 Å². The van der Waals surface area contributed by atoms with Gasteiger partial charge in [-0.2, -0.15) is 0 Å². The maximum absolute atomic E-state index is 10.3. The first-order valence-corrected chi connectivity index (χ1v) is 7.31. The number of urea groups is 1. The molecule has 0 aliphatic carbocycles. The molecule has 0 radical (unpaired) electrons. The Balaban J connectivity index is 0. The summed E-state index contributed by atoms with van der Waals surface area (Å²) in [5.74, 6) is -1.49. The van der Waals surface area contributed by atoms with E-state index < -0.39 is 18.0 Å². The number of carboxylic acid groups (broad SMARTS) is 2. The van der Waals surface area contributed by atoms with Gasteiger partial charge in [-0.05, 0) is 12.1 Å². The number of primary amides is 1. The molecule has 0 atom stereocenters. The molecule has 0 bridgehead atoms. The van der Waals surface area contributed by atoms with Crippen molar-refractivity contribution in [3.05, 3.63) is 49.1 Å². The Morgan fingerprint density at radius 1 is 1.08 bits per heavy atom. The highest BCUT2D eigenvalue weighted by Crippen LogP contribution is 2.03. The van der Waals surface area contributed by atoms with E-state index in [9.17, 15) is 14.4 Å². The van der Waals surface area contributed by atoms with Gasteiger partial charge in [-0.3, -0.25) is 9.59 Å². The number of amides is 2. The first-order valence-electron chi connectivity index (χ1n) is 7.31. The molecule has 1 aromatic carbocycles. The summed E-state index contributed by atoms with van der Waals surface area (Å²) < 4.78 is 0. The number of carbonyl (C=O) groups is 3. The second-order valence-corrected chi connectivity index (χ2v) is 4.11. The monoisotopic (exact) mass is 352 g/mol. The van der Waals surface area contributed by atoms with Crippen molar-refractivity contribution in [2.75, 3.05) is 5.32 Å². The van der Waals surface area contributed by atoms with E-state index in [1.54, 1.807) is 44.7 Å². The quantitative estimate of drug-likeness (QED) is 0.571. The van der Waals surface area contributed by atoms with Crippen LogP contribution < -0.4 is 11.1 Å². The fourth-order valence-corrected chi connectivity index (χ4v) is 0.879. The molecule has 1 aromatic heterocycles. The molecule has 25 heavy (non-hydrogen) atoms. The Hall–Kier alpha value is -3.36. The van der Waals surface area contributed by atoms with Gasteiger partial charge in [-0.25, -0.2) is 9.78 Å². The van der Waals surface area contributed by atoms with Crippen LogP contribution in [0.25, 0.3) is 0 Å². The summed E-state index contributed by atoms with van der Waals surface area (Å²) in [5, 5.41) is 17.9. The van der Waals surface area contributed by atoms with Crippen molar-refractivity contribution < 1.29 is 24.6 Å². The van der Waals surface area contributed by atoms with Crippen LogP contribution in [0.2, 0.25) is 0 Å². The first-order chi connectivity index (χ1) is 11.8. The normalized spacial score (nSPS) is 8.08. The van der Waals surface area contributed by atoms with Crippen molar-refractivity contribution in [3.63, 3.8) is 0 Å². The van der Waals surface area contributed by atoms with Crippen LogP contribution in [-0.4, -0.2) is 38.2 Å². The molecule has 0 fully saturated rings. The molecular weight excluding hydrogens is 328 g/mol. The predicted octanol–water partition coefficient (Wildman–Crippen LogP) is 2.55. The Kier molecular flexibility index (Phi) is 16.3. The number of imidazole rings is 1. The average Bonchev–Trinajstić information content (AvgIpc) is 3.16. The fraction of sp³-hybridized carbons (Fsp3) is 0.250. The second-order valence-electron chi connectivity index (χ2n) is 4.11. The molecule has 9 nitrogen and oxygen atoms in total. The molecule has 0 aliphatic heterocycles. The number of para-hydroxylation sites is 1. The number of H-pyrrole nitrogens is 1. The van der Waals surface area contributed by atoms with Crippen LogP contribution in [0.5, 0.6) is 0 Å². The number of nitrogens with zero attached hydrogens (tertiary/aromatic N) is 1. The molecule has 0 aliphatic rings. The van der Waals surface area contributed by atoms with Crippen LogP contribution in [-0.2, 0) is 9.59 Å². The number of aromatic nitrogens is 2. The van der Waals surface area contributed by atoms with Gasteiger partial charge in [0.25, 0.3) is 0 Å². The number of hydrogen-bond acceptors (Lipinski definition) is 4. The van der Waals surface area contributed by atoms with Crippen molar-refractivity contribution >= 4 is 23.7 Å². The summed E-state index contributed by atoms with van der Waals surface area (Å²) >= 11 is 0.